The molecule has 0 aliphatic carbocycles. The maximum absolute atomic E-state index is 13.3. The summed E-state index contributed by atoms with van der Waals surface area (Å²) in [6, 6.07) is 4.91. The lowest BCUT2D eigenvalue weighted by Crippen LogP contribution is -2.39. The van der Waals surface area contributed by atoms with Crippen LogP contribution in [0.4, 0.5) is 0 Å². The van der Waals surface area contributed by atoms with E-state index in [9.17, 15) is 9.59 Å². The van der Waals surface area contributed by atoms with Crippen LogP contribution in [0, 0.1) is 0 Å². The average molecular weight is 504 g/mol. The molecule has 1 aromatic carbocycles. The summed E-state index contributed by atoms with van der Waals surface area (Å²) in [4.78, 5) is 32.6. The van der Waals surface area contributed by atoms with Crippen molar-refractivity contribution in [3.63, 3.8) is 0 Å². The Morgan fingerprint density at radius 3 is 2.63 bits per heavy atom. The van der Waals surface area contributed by atoms with Gasteiger partial charge in [-0.3, -0.25) is 4.79 Å². The Morgan fingerprint density at radius 2 is 1.97 bits per heavy atom. The molecule has 2 atom stereocenters. The number of esters is 1. The fourth-order valence-electron chi connectivity index (χ4n) is 3.86. The molecule has 0 saturated heterocycles. The van der Waals surface area contributed by atoms with Crippen LogP contribution in [0.15, 0.2) is 45.6 Å². The molecule has 0 aromatic heterocycles. The van der Waals surface area contributed by atoms with E-state index in [4.69, 9.17) is 18.9 Å². The molecule has 0 radical (unpaired) electrons. The van der Waals surface area contributed by atoms with Crippen molar-refractivity contribution in [2.75, 3.05) is 34.5 Å². The SMILES string of the molecule is CC[C@@H](C)NC(=O)CC1=CSC2=NC(C)=C(C(=O)OCCOC)[C@@H](c3ccc(OC)cc3OC)N12. The Bertz CT molecular complexity index is 1050. The number of carbonyl (C=O) groups excluding carboxylic acids is 2. The number of amidine groups is 1. The summed E-state index contributed by atoms with van der Waals surface area (Å²) in [5.41, 5.74) is 2.40. The third kappa shape index (κ3) is 5.99. The summed E-state index contributed by atoms with van der Waals surface area (Å²) in [7, 11) is 4.69. The van der Waals surface area contributed by atoms with Gasteiger partial charge in [0, 0.05) is 30.5 Å². The minimum atomic E-state index is -0.601. The summed E-state index contributed by atoms with van der Waals surface area (Å²) >= 11 is 1.42. The monoisotopic (exact) mass is 503 g/mol. The number of hydrogen-bond acceptors (Lipinski definition) is 9. The van der Waals surface area contributed by atoms with Gasteiger partial charge in [0.1, 0.15) is 18.1 Å². The van der Waals surface area contributed by atoms with Crippen LogP contribution in [0.5, 0.6) is 11.5 Å². The normalized spacial score (nSPS) is 17.9. The van der Waals surface area contributed by atoms with Crippen LogP contribution in [0.25, 0.3) is 0 Å². The molecule has 2 aliphatic heterocycles. The van der Waals surface area contributed by atoms with Crippen molar-refractivity contribution in [2.45, 2.75) is 45.7 Å². The van der Waals surface area contributed by atoms with Gasteiger partial charge in [-0.25, -0.2) is 9.79 Å². The van der Waals surface area contributed by atoms with Gasteiger partial charge in [-0.1, -0.05) is 18.7 Å². The van der Waals surface area contributed by atoms with E-state index in [0.717, 1.165) is 17.7 Å². The molecule has 10 heteroatoms. The maximum Gasteiger partial charge on any atom is 0.338 e. The zero-order valence-electron chi connectivity index (χ0n) is 21.0. The summed E-state index contributed by atoms with van der Waals surface area (Å²) in [5, 5.41) is 5.60. The number of carbonyl (C=O) groups is 2. The first-order valence-electron chi connectivity index (χ1n) is 11.5. The predicted molar refractivity (Wildman–Crippen MR) is 135 cm³/mol. The van der Waals surface area contributed by atoms with Crippen molar-refractivity contribution in [3.05, 3.63) is 46.1 Å². The van der Waals surface area contributed by atoms with Crippen molar-refractivity contribution in [3.8, 4) is 11.5 Å². The molecule has 2 heterocycles. The van der Waals surface area contributed by atoms with Crippen LogP contribution in [0.1, 0.15) is 45.2 Å². The number of rotatable bonds is 11. The van der Waals surface area contributed by atoms with Crippen LogP contribution in [-0.4, -0.2) is 62.5 Å². The van der Waals surface area contributed by atoms with Crippen LogP contribution >= 0.6 is 11.8 Å². The van der Waals surface area contributed by atoms with E-state index in [1.807, 2.05) is 36.3 Å². The summed E-state index contributed by atoms with van der Waals surface area (Å²) in [5.74, 6) is 0.583. The number of hydrogen-bond donors (Lipinski definition) is 1. The van der Waals surface area contributed by atoms with E-state index in [0.29, 0.717) is 27.9 Å². The minimum absolute atomic E-state index is 0.0672. The molecule has 0 unspecified atom stereocenters. The highest BCUT2D eigenvalue weighted by atomic mass is 32.2. The molecule has 9 nitrogen and oxygen atoms in total. The van der Waals surface area contributed by atoms with Crippen LogP contribution in [-0.2, 0) is 19.1 Å². The average Bonchev–Trinajstić information content (AvgIpc) is 3.24. The number of amides is 1. The first kappa shape index (κ1) is 26.6. The molecule has 35 heavy (non-hydrogen) atoms. The van der Waals surface area contributed by atoms with Gasteiger partial charge in [-0.05, 0) is 37.8 Å². The number of thioether (sulfide) groups is 1. The zero-order chi connectivity index (χ0) is 25.5. The van der Waals surface area contributed by atoms with Gasteiger partial charge in [0.05, 0.1) is 44.6 Å². The zero-order valence-corrected chi connectivity index (χ0v) is 21.9. The Balaban J connectivity index is 2.05. The predicted octanol–water partition coefficient (Wildman–Crippen LogP) is 3.77. The maximum atomic E-state index is 13.3. The van der Waals surface area contributed by atoms with Gasteiger partial charge < -0.3 is 29.2 Å². The van der Waals surface area contributed by atoms with Gasteiger partial charge in [0.25, 0.3) is 0 Å². The van der Waals surface area contributed by atoms with E-state index in [1.165, 1.54) is 11.8 Å². The number of nitrogens with one attached hydrogen (secondary N) is 1. The Hall–Kier alpha value is -2.98. The number of nitrogens with zero attached hydrogens (tertiary/aromatic N) is 2. The molecule has 1 amide bonds. The summed E-state index contributed by atoms with van der Waals surface area (Å²) < 4.78 is 21.6. The molecule has 0 saturated carbocycles. The number of allylic oxidation sites excluding steroid dienone is 1. The second kappa shape index (κ2) is 12.1. The van der Waals surface area contributed by atoms with Crippen molar-refractivity contribution in [2.24, 2.45) is 4.99 Å². The van der Waals surface area contributed by atoms with Gasteiger partial charge in [0.15, 0.2) is 5.17 Å². The van der Waals surface area contributed by atoms with Gasteiger partial charge in [0.2, 0.25) is 5.91 Å². The number of ether oxygens (including phenoxy) is 4. The molecule has 2 aliphatic rings. The van der Waals surface area contributed by atoms with Crippen molar-refractivity contribution >= 4 is 28.8 Å². The van der Waals surface area contributed by atoms with Crippen LogP contribution in [0.2, 0.25) is 0 Å². The highest BCUT2D eigenvalue weighted by Crippen LogP contribution is 2.47. The summed E-state index contributed by atoms with van der Waals surface area (Å²) in [6.07, 6.45) is 0.984. The van der Waals surface area contributed by atoms with E-state index in [2.05, 4.69) is 10.3 Å². The van der Waals surface area contributed by atoms with Gasteiger partial charge in [-0.15, -0.1) is 0 Å². The topological polar surface area (TPSA) is 98.7 Å². The smallest absolute Gasteiger partial charge is 0.338 e. The van der Waals surface area contributed by atoms with Crippen molar-refractivity contribution < 1.29 is 28.5 Å². The first-order chi connectivity index (χ1) is 16.8. The lowest BCUT2D eigenvalue weighted by molar-refractivity contribution is -0.141. The minimum Gasteiger partial charge on any atom is -0.497 e. The highest BCUT2D eigenvalue weighted by Gasteiger charge is 2.42. The van der Waals surface area contributed by atoms with Gasteiger partial charge in [-0.2, -0.15) is 0 Å². The molecular formula is C25H33N3O6S. The van der Waals surface area contributed by atoms with E-state index in [1.54, 1.807) is 34.3 Å². The molecule has 190 valence electrons. The second-order valence-electron chi connectivity index (χ2n) is 8.18. The van der Waals surface area contributed by atoms with E-state index < -0.39 is 12.0 Å². The molecule has 1 aromatic rings. The Morgan fingerprint density at radius 1 is 1.20 bits per heavy atom. The summed E-state index contributed by atoms with van der Waals surface area (Å²) in [6.45, 7) is 6.17. The number of aliphatic imine (C=N–C) groups is 1. The number of benzene rings is 1. The van der Waals surface area contributed by atoms with Crippen molar-refractivity contribution in [1.82, 2.24) is 10.2 Å². The van der Waals surface area contributed by atoms with Crippen LogP contribution in [0.3, 0.4) is 0 Å². The van der Waals surface area contributed by atoms with E-state index >= 15 is 0 Å². The third-order valence-electron chi connectivity index (χ3n) is 5.84. The second-order valence-corrected chi connectivity index (χ2v) is 9.02. The number of methoxy groups -OCH3 is 3. The van der Waals surface area contributed by atoms with Gasteiger partial charge >= 0.3 is 5.97 Å². The molecule has 1 N–H and O–H groups in total. The molecule has 3 rings (SSSR count). The first-order valence-corrected chi connectivity index (χ1v) is 12.3. The lowest BCUT2D eigenvalue weighted by Gasteiger charge is -2.37. The molecular weight excluding hydrogens is 470 g/mol. The van der Waals surface area contributed by atoms with Crippen molar-refractivity contribution in [1.29, 1.82) is 0 Å². The fraction of sp³-hybridized carbons (Fsp3) is 0.480. The third-order valence-corrected chi connectivity index (χ3v) is 6.73. The molecule has 0 bridgehead atoms. The number of fused-ring (bicyclic) bond motifs is 1. The van der Waals surface area contributed by atoms with Crippen LogP contribution < -0.4 is 14.8 Å². The fourth-order valence-corrected chi connectivity index (χ4v) is 4.82. The quantitative estimate of drug-likeness (QED) is 0.360. The largest absolute Gasteiger partial charge is 0.497 e. The standard InChI is InChI=1S/C25H33N3O6S/c1-7-15(2)26-21(29)12-17-14-35-25-27-16(3)22(24(30)34-11-10-31-4)23(28(17)25)19-9-8-18(32-5)13-20(19)33-6/h8-9,13-15,23H,7,10-12H2,1-6H3,(H,26,29)/t15-,23-/m1/s1. The Kier molecular flexibility index (Phi) is 9.22. The highest BCUT2D eigenvalue weighted by molar-refractivity contribution is 8.16. The Labute approximate surface area is 210 Å². The van der Waals surface area contributed by atoms with E-state index in [-0.39, 0.29) is 31.6 Å². The lowest BCUT2D eigenvalue weighted by atomic mass is 9.93. The molecule has 0 fully saturated rings. The molecule has 0 spiro atoms.